The molecule has 1 atom stereocenters. The minimum atomic E-state index is -0.350. The van der Waals surface area contributed by atoms with Crippen LogP contribution in [0.3, 0.4) is 0 Å². The van der Waals surface area contributed by atoms with Gasteiger partial charge in [-0.3, -0.25) is 0 Å². The fourth-order valence-corrected chi connectivity index (χ4v) is 1.88. The van der Waals surface area contributed by atoms with Gasteiger partial charge in [-0.2, -0.15) is 0 Å². The zero-order chi connectivity index (χ0) is 12.5. The third kappa shape index (κ3) is 2.99. The van der Waals surface area contributed by atoms with E-state index in [1.54, 1.807) is 6.92 Å². The lowest BCUT2D eigenvalue weighted by Crippen LogP contribution is -2.13. The highest BCUT2D eigenvalue weighted by molar-refractivity contribution is 5.46. The molecular weight excluding hydrogens is 200 g/mol. The average molecular weight is 222 g/mol. The maximum absolute atomic E-state index is 10.0. The number of hydrogen-bond acceptors (Lipinski definition) is 2. The fraction of sp³-hybridized carbons (Fsp3) is 0.571. The third-order valence-corrected chi connectivity index (χ3v) is 2.70. The van der Waals surface area contributed by atoms with E-state index < -0.39 is 0 Å². The molecule has 90 valence electrons. The molecule has 0 saturated carbocycles. The molecule has 0 saturated heterocycles. The highest BCUT2D eigenvalue weighted by Crippen LogP contribution is 2.34. The number of aliphatic hydroxyl groups excluding tert-OH is 1. The first-order valence-electron chi connectivity index (χ1n) is 5.73. The van der Waals surface area contributed by atoms with E-state index in [1.807, 2.05) is 19.1 Å². The van der Waals surface area contributed by atoms with Crippen LogP contribution in [0.4, 0.5) is 0 Å². The van der Waals surface area contributed by atoms with Gasteiger partial charge in [-0.15, -0.1) is 0 Å². The van der Waals surface area contributed by atoms with E-state index in [1.165, 1.54) is 0 Å². The zero-order valence-electron chi connectivity index (χ0n) is 10.8. The molecule has 0 aromatic heterocycles. The van der Waals surface area contributed by atoms with Crippen molar-refractivity contribution in [2.75, 3.05) is 0 Å². The largest absolute Gasteiger partial charge is 0.507 e. The van der Waals surface area contributed by atoms with Crippen molar-refractivity contribution in [3.8, 4) is 5.75 Å². The number of phenolic OH excluding ortho intramolecular Hbond substituents is 1. The lowest BCUT2D eigenvalue weighted by Gasteiger charge is -2.23. The van der Waals surface area contributed by atoms with E-state index in [9.17, 15) is 10.2 Å². The van der Waals surface area contributed by atoms with Crippen molar-refractivity contribution < 1.29 is 10.2 Å². The molecule has 2 nitrogen and oxygen atoms in total. The van der Waals surface area contributed by atoms with Crippen LogP contribution in [-0.4, -0.2) is 16.3 Å². The van der Waals surface area contributed by atoms with Crippen LogP contribution in [0.15, 0.2) is 12.1 Å². The first-order chi connectivity index (χ1) is 7.21. The maximum atomic E-state index is 10.0. The average Bonchev–Trinajstić information content (AvgIpc) is 2.08. The molecule has 1 unspecified atom stereocenters. The van der Waals surface area contributed by atoms with E-state index in [0.29, 0.717) is 12.2 Å². The van der Waals surface area contributed by atoms with Gasteiger partial charge in [0, 0.05) is 0 Å². The van der Waals surface area contributed by atoms with Gasteiger partial charge in [0.1, 0.15) is 5.75 Å². The van der Waals surface area contributed by atoms with Crippen molar-refractivity contribution in [1.82, 2.24) is 0 Å². The first-order valence-corrected chi connectivity index (χ1v) is 5.73. The Bertz CT molecular complexity index is 373. The van der Waals surface area contributed by atoms with Crippen LogP contribution in [0.2, 0.25) is 0 Å². The smallest absolute Gasteiger partial charge is 0.122 e. The summed E-state index contributed by atoms with van der Waals surface area (Å²) in [7, 11) is 0. The number of rotatable bonds is 2. The summed E-state index contributed by atoms with van der Waals surface area (Å²) in [5, 5.41) is 19.4. The Hall–Kier alpha value is -1.02. The minimum absolute atomic E-state index is 0.0798. The summed E-state index contributed by atoms with van der Waals surface area (Å²) < 4.78 is 0. The minimum Gasteiger partial charge on any atom is -0.507 e. The van der Waals surface area contributed by atoms with Crippen molar-refractivity contribution in [2.24, 2.45) is 0 Å². The van der Waals surface area contributed by atoms with E-state index in [4.69, 9.17) is 0 Å². The van der Waals surface area contributed by atoms with Gasteiger partial charge in [-0.25, -0.2) is 0 Å². The quantitative estimate of drug-likeness (QED) is 0.807. The summed E-state index contributed by atoms with van der Waals surface area (Å²) >= 11 is 0. The van der Waals surface area contributed by atoms with Gasteiger partial charge in [0.2, 0.25) is 0 Å². The van der Waals surface area contributed by atoms with Crippen molar-refractivity contribution in [3.63, 3.8) is 0 Å². The Morgan fingerprint density at radius 3 is 2.25 bits per heavy atom. The highest BCUT2D eigenvalue weighted by atomic mass is 16.3. The predicted molar refractivity (Wildman–Crippen MR) is 66.9 cm³/mol. The fourth-order valence-electron chi connectivity index (χ4n) is 1.88. The van der Waals surface area contributed by atoms with E-state index >= 15 is 0 Å². The SMILES string of the molecule is Cc1cc(CC(C)O)cc(C(C)(C)C)c1O. The molecule has 16 heavy (non-hydrogen) atoms. The Labute approximate surface area is 97.9 Å². The zero-order valence-corrected chi connectivity index (χ0v) is 10.8. The topological polar surface area (TPSA) is 40.5 Å². The van der Waals surface area contributed by atoms with Crippen LogP contribution in [-0.2, 0) is 11.8 Å². The summed E-state index contributed by atoms with van der Waals surface area (Å²) in [6, 6.07) is 3.94. The molecule has 0 aliphatic rings. The van der Waals surface area contributed by atoms with Gasteiger partial charge >= 0.3 is 0 Å². The summed E-state index contributed by atoms with van der Waals surface area (Å²) in [5.41, 5.74) is 2.82. The van der Waals surface area contributed by atoms with Gasteiger partial charge < -0.3 is 10.2 Å². The molecule has 0 amide bonds. The monoisotopic (exact) mass is 222 g/mol. The van der Waals surface area contributed by atoms with Gasteiger partial charge in [-0.05, 0) is 42.4 Å². The molecule has 1 rings (SSSR count). The van der Waals surface area contributed by atoms with Crippen LogP contribution in [0, 0.1) is 6.92 Å². The highest BCUT2D eigenvalue weighted by Gasteiger charge is 2.20. The van der Waals surface area contributed by atoms with Crippen molar-refractivity contribution >= 4 is 0 Å². The predicted octanol–water partition coefficient (Wildman–Crippen LogP) is 2.92. The van der Waals surface area contributed by atoms with Crippen LogP contribution in [0.25, 0.3) is 0 Å². The molecule has 0 bridgehead atoms. The molecule has 1 aromatic rings. The van der Waals surface area contributed by atoms with Gasteiger partial charge in [-0.1, -0.05) is 32.9 Å². The normalized spacial score (nSPS) is 13.9. The van der Waals surface area contributed by atoms with Crippen molar-refractivity contribution in [2.45, 2.75) is 52.6 Å². The van der Waals surface area contributed by atoms with Gasteiger partial charge in [0.05, 0.1) is 6.10 Å². The Morgan fingerprint density at radius 1 is 1.25 bits per heavy atom. The molecule has 0 heterocycles. The maximum Gasteiger partial charge on any atom is 0.122 e. The molecule has 2 heteroatoms. The molecule has 0 aliphatic carbocycles. The molecule has 0 spiro atoms. The number of aromatic hydroxyl groups is 1. The molecule has 2 N–H and O–H groups in total. The molecule has 1 aromatic carbocycles. The van der Waals surface area contributed by atoms with Crippen LogP contribution in [0.1, 0.15) is 44.4 Å². The number of hydrogen-bond donors (Lipinski definition) is 2. The lowest BCUT2D eigenvalue weighted by atomic mass is 9.83. The van der Waals surface area contributed by atoms with E-state index in [2.05, 4.69) is 20.8 Å². The third-order valence-electron chi connectivity index (χ3n) is 2.70. The second-order valence-corrected chi connectivity index (χ2v) is 5.61. The van der Waals surface area contributed by atoms with Crippen LogP contribution >= 0.6 is 0 Å². The Balaban J connectivity index is 3.23. The summed E-state index contributed by atoms with van der Waals surface area (Å²) in [4.78, 5) is 0. The number of aryl methyl sites for hydroxylation is 1. The van der Waals surface area contributed by atoms with Gasteiger partial charge in [0.25, 0.3) is 0 Å². The van der Waals surface area contributed by atoms with Crippen molar-refractivity contribution in [1.29, 1.82) is 0 Å². The standard InChI is InChI=1S/C14H22O2/c1-9-6-11(7-10(2)15)8-12(13(9)16)14(3,4)5/h6,8,10,15-16H,7H2,1-5H3. The Morgan fingerprint density at radius 2 is 1.81 bits per heavy atom. The second kappa shape index (κ2) is 4.46. The van der Waals surface area contributed by atoms with E-state index in [-0.39, 0.29) is 11.5 Å². The first kappa shape index (κ1) is 13.0. The number of benzene rings is 1. The van der Waals surface area contributed by atoms with Crippen LogP contribution in [0.5, 0.6) is 5.75 Å². The Kier molecular flexibility index (Phi) is 3.64. The molecule has 0 aliphatic heterocycles. The summed E-state index contributed by atoms with van der Waals surface area (Å²) in [6.07, 6.45) is 0.279. The van der Waals surface area contributed by atoms with Crippen LogP contribution < -0.4 is 0 Å². The van der Waals surface area contributed by atoms with Crippen molar-refractivity contribution in [3.05, 3.63) is 28.8 Å². The lowest BCUT2D eigenvalue weighted by molar-refractivity contribution is 0.195. The second-order valence-electron chi connectivity index (χ2n) is 5.61. The number of aliphatic hydroxyl groups is 1. The summed E-state index contributed by atoms with van der Waals surface area (Å²) in [5.74, 6) is 0.377. The molecule has 0 radical (unpaired) electrons. The number of phenols is 1. The molecule has 0 fully saturated rings. The molecular formula is C14H22O2. The van der Waals surface area contributed by atoms with Gasteiger partial charge in [0.15, 0.2) is 0 Å². The summed E-state index contributed by atoms with van der Waals surface area (Å²) in [6.45, 7) is 9.91. The van der Waals surface area contributed by atoms with E-state index in [0.717, 1.165) is 16.7 Å².